The van der Waals surface area contributed by atoms with Crippen molar-refractivity contribution in [2.45, 2.75) is 38.6 Å². The van der Waals surface area contributed by atoms with E-state index < -0.39 is 0 Å². The highest BCUT2D eigenvalue weighted by Gasteiger charge is 2.30. The average molecular weight is 310 g/mol. The molecule has 0 N–H and O–H groups in total. The molecule has 1 fully saturated rings. The number of likely N-dealkylation sites (tertiary alicyclic amines) is 1. The van der Waals surface area contributed by atoms with E-state index in [4.69, 9.17) is 9.78 Å². The van der Waals surface area contributed by atoms with Gasteiger partial charge < -0.3 is 9.42 Å². The molecule has 1 aromatic carbocycles. The smallest absolute Gasteiger partial charge is 0.254 e. The van der Waals surface area contributed by atoms with Gasteiger partial charge in [0, 0.05) is 19.0 Å². The maximum Gasteiger partial charge on any atom is 0.254 e. The van der Waals surface area contributed by atoms with Crippen LogP contribution >= 0.6 is 0 Å². The molecule has 0 radical (unpaired) electrons. The molecule has 2 aromatic rings. The summed E-state index contributed by atoms with van der Waals surface area (Å²) in [6, 6.07) is 8.70. The SMILES string of the molecule is Cc1nc(C2CCCCCN2C(=O)c2cccc(C#N)c2)no1. The van der Waals surface area contributed by atoms with Crippen LogP contribution in [0.15, 0.2) is 28.8 Å². The topological polar surface area (TPSA) is 83.0 Å². The third-order valence-electron chi connectivity index (χ3n) is 4.09. The molecule has 23 heavy (non-hydrogen) atoms. The molecule has 0 bridgehead atoms. The molecule has 6 nitrogen and oxygen atoms in total. The minimum absolute atomic E-state index is 0.0866. The Bertz CT molecular complexity index is 747. The van der Waals surface area contributed by atoms with Crippen LogP contribution in [-0.4, -0.2) is 27.5 Å². The van der Waals surface area contributed by atoms with E-state index in [0.29, 0.717) is 29.4 Å². The molecule has 6 heteroatoms. The van der Waals surface area contributed by atoms with Crippen molar-refractivity contribution in [1.29, 1.82) is 5.26 Å². The molecular weight excluding hydrogens is 292 g/mol. The second-order valence-corrected chi connectivity index (χ2v) is 5.73. The van der Waals surface area contributed by atoms with Crippen LogP contribution in [0.25, 0.3) is 0 Å². The number of amides is 1. The van der Waals surface area contributed by atoms with Crippen LogP contribution in [0, 0.1) is 18.3 Å². The first kappa shape index (κ1) is 15.2. The van der Waals surface area contributed by atoms with Crippen LogP contribution in [0.5, 0.6) is 0 Å². The molecular formula is C17H18N4O2. The fourth-order valence-electron chi connectivity index (χ4n) is 2.96. The molecule has 1 atom stereocenters. The van der Waals surface area contributed by atoms with Crippen molar-refractivity contribution in [2.24, 2.45) is 0 Å². The van der Waals surface area contributed by atoms with E-state index in [1.165, 1.54) is 0 Å². The van der Waals surface area contributed by atoms with Gasteiger partial charge in [-0.25, -0.2) is 0 Å². The number of carbonyl (C=O) groups is 1. The maximum atomic E-state index is 12.9. The van der Waals surface area contributed by atoms with Gasteiger partial charge in [-0.05, 0) is 31.0 Å². The van der Waals surface area contributed by atoms with Crippen LogP contribution in [-0.2, 0) is 0 Å². The summed E-state index contributed by atoms with van der Waals surface area (Å²) in [7, 11) is 0. The molecule has 1 aliphatic heterocycles. The van der Waals surface area contributed by atoms with E-state index in [2.05, 4.69) is 16.2 Å². The number of hydrogen-bond donors (Lipinski definition) is 0. The minimum Gasteiger partial charge on any atom is -0.340 e. The summed E-state index contributed by atoms with van der Waals surface area (Å²) in [5.41, 5.74) is 1.01. The lowest BCUT2D eigenvalue weighted by Gasteiger charge is -2.28. The fourth-order valence-corrected chi connectivity index (χ4v) is 2.96. The van der Waals surface area contributed by atoms with Crippen molar-refractivity contribution in [3.63, 3.8) is 0 Å². The van der Waals surface area contributed by atoms with E-state index in [1.54, 1.807) is 31.2 Å². The van der Waals surface area contributed by atoms with Gasteiger partial charge in [0.1, 0.15) is 0 Å². The van der Waals surface area contributed by atoms with Gasteiger partial charge in [-0.3, -0.25) is 4.79 Å². The summed E-state index contributed by atoms with van der Waals surface area (Å²) < 4.78 is 5.09. The molecule has 0 aliphatic carbocycles. The molecule has 1 unspecified atom stereocenters. The first-order valence-electron chi connectivity index (χ1n) is 7.80. The van der Waals surface area contributed by atoms with Crippen molar-refractivity contribution in [2.75, 3.05) is 6.54 Å². The van der Waals surface area contributed by atoms with Gasteiger partial charge in [-0.1, -0.05) is 24.1 Å². The Morgan fingerprint density at radius 3 is 3.00 bits per heavy atom. The zero-order valence-electron chi connectivity index (χ0n) is 13.0. The quantitative estimate of drug-likeness (QED) is 0.851. The van der Waals surface area contributed by atoms with E-state index in [9.17, 15) is 4.79 Å². The largest absolute Gasteiger partial charge is 0.340 e. The van der Waals surface area contributed by atoms with E-state index >= 15 is 0 Å². The van der Waals surface area contributed by atoms with Crippen molar-refractivity contribution in [1.82, 2.24) is 15.0 Å². The third-order valence-corrected chi connectivity index (χ3v) is 4.09. The molecule has 0 spiro atoms. The second-order valence-electron chi connectivity index (χ2n) is 5.73. The van der Waals surface area contributed by atoms with Crippen molar-refractivity contribution in [3.05, 3.63) is 47.1 Å². The van der Waals surface area contributed by atoms with E-state index in [-0.39, 0.29) is 11.9 Å². The predicted molar refractivity (Wildman–Crippen MR) is 82.4 cm³/mol. The summed E-state index contributed by atoms with van der Waals surface area (Å²) in [5.74, 6) is 0.980. The van der Waals surface area contributed by atoms with Gasteiger partial charge in [-0.2, -0.15) is 10.2 Å². The fraction of sp³-hybridized carbons (Fsp3) is 0.412. The Morgan fingerprint density at radius 1 is 1.39 bits per heavy atom. The number of nitriles is 1. The Balaban J connectivity index is 1.92. The number of aryl methyl sites for hydroxylation is 1. The number of nitrogens with zero attached hydrogens (tertiary/aromatic N) is 4. The van der Waals surface area contributed by atoms with E-state index in [0.717, 1.165) is 25.7 Å². The Hall–Kier alpha value is -2.68. The monoisotopic (exact) mass is 310 g/mol. The van der Waals surface area contributed by atoms with Crippen molar-refractivity contribution in [3.8, 4) is 6.07 Å². The molecule has 0 saturated carbocycles. The van der Waals surface area contributed by atoms with Gasteiger partial charge in [0.05, 0.1) is 17.7 Å². The van der Waals surface area contributed by atoms with Crippen LogP contribution in [0.4, 0.5) is 0 Å². The highest BCUT2D eigenvalue weighted by Crippen LogP contribution is 2.29. The van der Waals surface area contributed by atoms with E-state index in [1.807, 2.05) is 4.90 Å². The van der Waals surface area contributed by atoms with Crippen LogP contribution in [0.1, 0.15) is 59.4 Å². The third kappa shape index (κ3) is 3.24. The number of hydrogen-bond acceptors (Lipinski definition) is 5. The highest BCUT2D eigenvalue weighted by atomic mass is 16.5. The molecule has 2 heterocycles. The first-order chi connectivity index (χ1) is 11.2. The molecule has 1 aromatic heterocycles. The van der Waals surface area contributed by atoms with Crippen molar-refractivity contribution >= 4 is 5.91 Å². The van der Waals surface area contributed by atoms with Gasteiger partial charge >= 0.3 is 0 Å². The average Bonchev–Trinajstić information content (AvgIpc) is 2.86. The van der Waals surface area contributed by atoms with Crippen LogP contribution in [0.3, 0.4) is 0 Å². The summed E-state index contributed by atoms with van der Waals surface area (Å²) in [5, 5.41) is 13.0. The maximum absolute atomic E-state index is 12.9. The Kier molecular flexibility index (Phi) is 4.38. The number of aromatic nitrogens is 2. The van der Waals surface area contributed by atoms with Gasteiger partial charge in [0.2, 0.25) is 5.89 Å². The molecule has 1 saturated heterocycles. The number of rotatable bonds is 2. The first-order valence-corrected chi connectivity index (χ1v) is 7.80. The summed E-state index contributed by atoms with van der Waals surface area (Å²) >= 11 is 0. The van der Waals surface area contributed by atoms with Gasteiger partial charge in [0.15, 0.2) is 5.82 Å². The molecule has 1 amide bonds. The Labute approximate surface area is 134 Å². The number of benzene rings is 1. The Morgan fingerprint density at radius 2 is 2.26 bits per heavy atom. The van der Waals surface area contributed by atoms with Gasteiger partial charge in [0.25, 0.3) is 5.91 Å². The van der Waals surface area contributed by atoms with Gasteiger partial charge in [-0.15, -0.1) is 0 Å². The summed E-state index contributed by atoms with van der Waals surface area (Å²) in [6.07, 6.45) is 3.88. The standard InChI is InChI=1S/C17H18N4O2/c1-12-19-16(20-23-12)15-8-3-2-4-9-21(15)17(22)14-7-5-6-13(10-14)11-18/h5-7,10,15H,2-4,8-9H2,1H3. The normalized spacial score (nSPS) is 18.3. The summed E-state index contributed by atoms with van der Waals surface area (Å²) in [6.45, 7) is 2.41. The predicted octanol–water partition coefficient (Wildman–Crippen LogP) is 3.01. The number of carbonyl (C=O) groups excluding carboxylic acids is 1. The molecule has 1 aliphatic rings. The molecule has 118 valence electrons. The zero-order valence-corrected chi connectivity index (χ0v) is 13.0. The summed E-state index contributed by atoms with van der Waals surface area (Å²) in [4.78, 5) is 19.1. The zero-order chi connectivity index (χ0) is 16.2. The van der Waals surface area contributed by atoms with Crippen LogP contribution < -0.4 is 0 Å². The lowest BCUT2D eigenvalue weighted by atomic mass is 10.1. The highest BCUT2D eigenvalue weighted by molar-refractivity contribution is 5.94. The lowest BCUT2D eigenvalue weighted by Crippen LogP contribution is -2.35. The lowest BCUT2D eigenvalue weighted by molar-refractivity contribution is 0.0670. The van der Waals surface area contributed by atoms with Crippen molar-refractivity contribution < 1.29 is 9.32 Å². The minimum atomic E-state index is -0.173. The van der Waals surface area contributed by atoms with Crippen LogP contribution in [0.2, 0.25) is 0 Å². The molecule has 3 rings (SSSR count). The second kappa shape index (κ2) is 6.61.